The molecule has 58 valence electrons. The van der Waals surface area contributed by atoms with Crippen LogP contribution in [0, 0.1) is 0 Å². The smallest absolute Gasteiger partial charge is 0.0415 e. The standard InChI is InChI=1S/C9H17N/c1-7(2)5-9(10)6-8(3)4/h5-6,9H,10H2,1-4H3. The SMILES string of the molecule is CC(C)=CC(N)C=C(C)C. The van der Waals surface area contributed by atoms with Crippen molar-refractivity contribution in [2.75, 3.05) is 0 Å². The Bertz CT molecular complexity index is 128. The van der Waals surface area contributed by atoms with Crippen LogP contribution in [0.2, 0.25) is 0 Å². The van der Waals surface area contributed by atoms with Gasteiger partial charge in [-0.3, -0.25) is 0 Å². The minimum atomic E-state index is 0.0926. The zero-order valence-corrected chi connectivity index (χ0v) is 7.31. The summed E-state index contributed by atoms with van der Waals surface area (Å²) in [6.45, 7) is 8.22. The first-order valence-corrected chi connectivity index (χ1v) is 3.58. The summed E-state index contributed by atoms with van der Waals surface area (Å²) in [5.41, 5.74) is 8.26. The monoisotopic (exact) mass is 139 g/mol. The first kappa shape index (κ1) is 9.44. The second-order valence-corrected chi connectivity index (χ2v) is 3.07. The van der Waals surface area contributed by atoms with Crippen LogP contribution in [0.3, 0.4) is 0 Å². The molecule has 0 aromatic rings. The topological polar surface area (TPSA) is 26.0 Å². The summed E-state index contributed by atoms with van der Waals surface area (Å²) < 4.78 is 0. The van der Waals surface area contributed by atoms with Crippen molar-refractivity contribution in [3.05, 3.63) is 23.3 Å². The Labute approximate surface area is 63.6 Å². The summed E-state index contributed by atoms with van der Waals surface area (Å²) >= 11 is 0. The van der Waals surface area contributed by atoms with E-state index in [-0.39, 0.29) is 6.04 Å². The lowest BCUT2D eigenvalue weighted by atomic mass is 10.1. The van der Waals surface area contributed by atoms with Crippen LogP contribution in [0.4, 0.5) is 0 Å². The van der Waals surface area contributed by atoms with Gasteiger partial charge in [0, 0.05) is 6.04 Å². The third-order valence-corrected chi connectivity index (χ3v) is 1.05. The molecule has 0 fully saturated rings. The van der Waals surface area contributed by atoms with E-state index in [0.717, 1.165) is 0 Å². The maximum absolute atomic E-state index is 5.72. The Hall–Kier alpha value is -0.560. The highest BCUT2D eigenvalue weighted by atomic mass is 14.6. The number of hydrogen-bond acceptors (Lipinski definition) is 1. The van der Waals surface area contributed by atoms with Crippen LogP contribution < -0.4 is 5.73 Å². The molecule has 0 saturated heterocycles. The molecule has 0 heterocycles. The number of rotatable bonds is 2. The highest BCUT2D eigenvalue weighted by Gasteiger charge is 1.90. The zero-order chi connectivity index (χ0) is 8.15. The predicted octanol–water partition coefficient (Wildman–Crippen LogP) is 2.25. The second kappa shape index (κ2) is 4.29. The Morgan fingerprint density at radius 2 is 1.30 bits per heavy atom. The molecular formula is C9H17N. The minimum Gasteiger partial charge on any atom is -0.321 e. The zero-order valence-electron chi connectivity index (χ0n) is 7.31. The average molecular weight is 139 g/mol. The van der Waals surface area contributed by atoms with E-state index in [4.69, 9.17) is 5.73 Å². The van der Waals surface area contributed by atoms with Crippen molar-refractivity contribution in [2.45, 2.75) is 33.7 Å². The fraction of sp³-hybridized carbons (Fsp3) is 0.556. The number of nitrogens with two attached hydrogens (primary N) is 1. The molecule has 0 atom stereocenters. The van der Waals surface area contributed by atoms with Crippen LogP contribution in [0.15, 0.2) is 23.3 Å². The third-order valence-electron chi connectivity index (χ3n) is 1.05. The van der Waals surface area contributed by atoms with Crippen molar-refractivity contribution in [1.29, 1.82) is 0 Å². The maximum Gasteiger partial charge on any atom is 0.0415 e. The van der Waals surface area contributed by atoms with Gasteiger partial charge in [0.05, 0.1) is 0 Å². The summed E-state index contributed by atoms with van der Waals surface area (Å²) in [7, 11) is 0. The molecule has 0 aliphatic rings. The molecule has 0 amide bonds. The van der Waals surface area contributed by atoms with Gasteiger partial charge in [-0.05, 0) is 27.7 Å². The summed E-state index contributed by atoms with van der Waals surface area (Å²) in [6, 6.07) is 0.0926. The molecule has 1 nitrogen and oxygen atoms in total. The lowest BCUT2D eigenvalue weighted by Crippen LogP contribution is -2.13. The predicted molar refractivity (Wildman–Crippen MR) is 46.8 cm³/mol. The van der Waals surface area contributed by atoms with Gasteiger partial charge in [-0.2, -0.15) is 0 Å². The minimum absolute atomic E-state index is 0.0926. The van der Waals surface area contributed by atoms with Gasteiger partial charge in [0.15, 0.2) is 0 Å². The first-order chi connectivity index (χ1) is 4.52. The van der Waals surface area contributed by atoms with Crippen molar-refractivity contribution in [1.82, 2.24) is 0 Å². The van der Waals surface area contributed by atoms with Gasteiger partial charge in [0.1, 0.15) is 0 Å². The molecular weight excluding hydrogens is 122 g/mol. The summed E-state index contributed by atoms with van der Waals surface area (Å²) in [5, 5.41) is 0. The van der Waals surface area contributed by atoms with Crippen LogP contribution in [0.5, 0.6) is 0 Å². The van der Waals surface area contributed by atoms with Crippen LogP contribution >= 0.6 is 0 Å². The average Bonchev–Trinajstić information content (AvgIpc) is 1.58. The van der Waals surface area contributed by atoms with E-state index < -0.39 is 0 Å². The Kier molecular flexibility index (Phi) is 4.05. The molecule has 0 aliphatic carbocycles. The lowest BCUT2D eigenvalue weighted by molar-refractivity contribution is 0.994. The molecule has 0 bridgehead atoms. The van der Waals surface area contributed by atoms with E-state index in [9.17, 15) is 0 Å². The van der Waals surface area contributed by atoms with Gasteiger partial charge in [-0.15, -0.1) is 0 Å². The molecule has 0 rings (SSSR count). The molecule has 0 unspecified atom stereocenters. The van der Waals surface area contributed by atoms with Crippen LogP contribution in [-0.2, 0) is 0 Å². The van der Waals surface area contributed by atoms with Gasteiger partial charge in [-0.1, -0.05) is 23.3 Å². The molecule has 0 spiro atoms. The summed E-state index contributed by atoms with van der Waals surface area (Å²) in [4.78, 5) is 0. The first-order valence-electron chi connectivity index (χ1n) is 3.58. The molecule has 0 aliphatic heterocycles. The van der Waals surface area contributed by atoms with E-state index in [1.807, 2.05) is 12.2 Å². The van der Waals surface area contributed by atoms with Gasteiger partial charge in [-0.25, -0.2) is 0 Å². The number of allylic oxidation sites excluding steroid dienone is 2. The van der Waals surface area contributed by atoms with Gasteiger partial charge in [0.2, 0.25) is 0 Å². The van der Waals surface area contributed by atoms with Crippen molar-refractivity contribution < 1.29 is 0 Å². The largest absolute Gasteiger partial charge is 0.321 e. The van der Waals surface area contributed by atoms with Crippen molar-refractivity contribution in [3.63, 3.8) is 0 Å². The van der Waals surface area contributed by atoms with Gasteiger partial charge in [0.25, 0.3) is 0 Å². The molecule has 0 radical (unpaired) electrons. The highest BCUT2D eigenvalue weighted by molar-refractivity contribution is 5.11. The fourth-order valence-corrected chi connectivity index (χ4v) is 0.818. The van der Waals surface area contributed by atoms with Crippen LogP contribution in [-0.4, -0.2) is 6.04 Å². The quantitative estimate of drug-likeness (QED) is 0.583. The van der Waals surface area contributed by atoms with Crippen molar-refractivity contribution in [3.8, 4) is 0 Å². The molecule has 0 saturated carbocycles. The maximum atomic E-state index is 5.72. The number of hydrogen-bond donors (Lipinski definition) is 1. The Morgan fingerprint density at radius 3 is 1.50 bits per heavy atom. The van der Waals surface area contributed by atoms with Gasteiger partial charge < -0.3 is 5.73 Å². The van der Waals surface area contributed by atoms with Crippen LogP contribution in [0.1, 0.15) is 27.7 Å². The normalized spacial score (nSPS) is 9.40. The fourth-order valence-electron chi connectivity index (χ4n) is 0.818. The third kappa shape index (κ3) is 5.57. The summed E-state index contributed by atoms with van der Waals surface area (Å²) in [5.74, 6) is 0. The summed E-state index contributed by atoms with van der Waals surface area (Å²) in [6.07, 6.45) is 4.10. The molecule has 0 aromatic heterocycles. The van der Waals surface area contributed by atoms with Crippen molar-refractivity contribution >= 4 is 0 Å². The van der Waals surface area contributed by atoms with E-state index in [1.165, 1.54) is 11.1 Å². The highest BCUT2D eigenvalue weighted by Crippen LogP contribution is 1.97. The second-order valence-electron chi connectivity index (χ2n) is 3.07. The molecule has 0 aromatic carbocycles. The van der Waals surface area contributed by atoms with E-state index >= 15 is 0 Å². The van der Waals surface area contributed by atoms with Gasteiger partial charge >= 0.3 is 0 Å². The van der Waals surface area contributed by atoms with E-state index in [0.29, 0.717) is 0 Å². The Morgan fingerprint density at radius 1 is 1.00 bits per heavy atom. The van der Waals surface area contributed by atoms with E-state index in [2.05, 4.69) is 27.7 Å². The molecule has 2 N–H and O–H groups in total. The van der Waals surface area contributed by atoms with E-state index in [1.54, 1.807) is 0 Å². The Balaban J connectivity index is 3.99. The molecule has 10 heavy (non-hydrogen) atoms. The lowest BCUT2D eigenvalue weighted by Gasteiger charge is -2.00. The molecule has 1 heteroatoms. The van der Waals surface area contributed by atoms with Crippen LogP contribution in [0.25, 0.3) is 0 Å². The van der Waals surface area contributed by atoms with Crippen molar-refractivity contribution in [2.24, 2.45) is 5.73 Å².